The van der Waals surface area contributed by atoms with Crippen molar-refractivity contribution in [3.05, 3.63) is 15.8 Å². The number of thiophene rings is 1. The smallest absolute Gasteiger partial charge is 0.241 e. The lowest BCUT2D eigenvalue weighted by atomic mass is 10.5. The number of anilines is 1. The van der Waals surface area contributed by atoms with E-state index >= 15 is 0 Å². The van der Waals surface area contributed by atoms with E-state index in [1.165, 1.54) is 16.2 Å². The van der Waals surface area contributed by atoms with E-state index in [9.17, 15) is 4.79 Å². The molecule has 0 atom stereocenters. The minimum atomic E-state index is 0.0299. The van der Waals surface area contributed by atoms with Crippen LogP contribution in [0.1, 0.15) is 0 Å². The van der Waals surface area contributed by atoms with Crippen LogP contribution in [0.25, 0.3) is 0 Å². The fourth-order valence-corrected chi connectivity index (χ4v) is 1.62. The van der Waals surface area contributed by atoms with Gasteiger partial charge in [0.25, 0.3) is 0 Å². The van der Waals surface area contributed by atoms with E-state index < -0.39 is 0 Å². The standard InChI is InChI=1S/C8H11ClN2OS/c1-11(2)7(12)5-10-6-3-4-13-8(6)9/h3-4,10H,5H2,1-2H3. The van der Waals surface area contributed by atoms with Gasteiger partial charge in [0.1, 0.15) is 4.34 Å². The molecule has 1 N–H and O–H groups in total. The van der Waals surface area contributed by atoms with Crippen LogP contribution in [-0.2, 0) is 4.79 Å². The van der Waals surface area contributed by atoms with Crippen LogP contribution in [0.5, 0.6) is 0 Å². The van der Waals surface area contributed by atoms with Crippen molar-refractivity contribution in [2.45, 2.75) is 0 Å². The van der Waals surface area contributed by atoms with Crippen LogP contribution in [0.4, 0.5) is 5.69 Å². The lowest BCUT2D eigenvalue weighted by Crippen LogP contribution is -2.28. The quantitative estimate of drug-likeness (QED) is 0.841. The molecule has 1 heterocycles. The first-order valence-corrected chi connectivity index (χ1v) is 5.04. The topological polar surface area (TPSA) is 32.3 Å². The highest BCUT2D eigenvalue weighted by molar-refractivity contribution is 7.15. The predicted molar refractivity (Wildman–Crippen MR) is 56.5 cm³/mol. The van der Waals surface area contributed by atoms with Crippen LogP contribution in [-0.4, -0.2) is 31.4 Å². The van der Waals surface area contributed by atoms with Crippen molar-refractivity contribution in [3.63, 3.8) is 0 Å². The largest absolute Gasteiger partial charge is 0.374 e. The van der Waals surface area contributed by atoms with Gasteiger partial charge in [-0.1, -0.05) is 11.6 Å². The summed E-state index contributed by atoms with van der Waals surface area (Å²) in [5.41, 5.74) is 0.821. The first-order valence-electron chi connectivity index (χ1n) is 3.78. The molecule has 0 fully saturated rings. The average Bonchev–Trinajstić information content (AvgIpc) is 2.47. The lowest BCUT2D eigenvalue weighted by Gasteiger charge is -2.10. The summed E-state index contributed by atoms with van der Waals surface area (Å²) in [6.45, 7) is 0.281. The number of carbonyl (C=O) groups is 1. The van der Waals surface area contributed by atoms with Crippen LogP contribution < -0.4 is 5.32 Å². The Morgan fingerprint density at radius 2 is 2.38 bits per heavy atom. The maximum Gasteiger partial charge on any atom is 0.241 e. The van der Waals surface area contributed by atoms with Gasteiger partial charge in [0.15, 0.2) is 0 Å². The van der Waals surface area contributed by atoms with E-state index in [2.05, 4.69) is 5.32 Å². The number of nitrogens with one attached hydrogen (secondary N) is 1. The molecule has 3 nitrogen and oxygen atoms in total. The van der Waals surface area contributed by atoms with Gasteiger partial charge in [0.2, 0.25) is 5.91 Å². The molecule has 1 aromatic heterocycles. The number of rotatable bonds is 3. The summed E-state index contributed by atoms with van der Waals surface area (Å²) in [7, 11) is 3.44. The molecule has 13 heavy (non-hydrogen) atoms. The van der Waals surface area contributed by atoms with Gasteiger partial charge in [-0.25, -0.2) is 0 Å². The minimum Gasteiger partial charge on any atom is -0.374 e. The highest BCUT2D eigenvalue weighted by Crippen LogP contribution is 2.27. The third kappa shape index (κ3) is 2.90. The normalized spacial score (nSPS) is 9.77. The zero-order chi connectivity index (χ0) is 9.84. The van der Waals surface area contributed by atoms with Gasteiger partial charge in [0, 0.05) is 14.1 Å². The number of halogens is 1. The van der Waals surface area contributed by atoms with Crippen molar-refractivity contribution in [1.29, 1.82) is 0 Å². The van der Waals surface area contributed by atoms with Gasteiger partial charge in [-0.05, 0) is 11.4 Å². The van der Waals surface area contributed by atoms with E-state index in [0.29, 0.717) is 4.34 Å². The number of nitrogens with zero attached hydrogens (tertiary/aromatic N) is 1. The molecule has 0 unspecified atom stereocenters. The van der Waals surface area contributed by atoms with Gasteiger partial charge >= 0.3 is 0 Å². The van der Waals surface area contributed by atoms with Crippen molar-refractivity contribution >= 4 is 34.5 Å². The molecule has 0 bridgehead atoms. The summed E-state index contributed by atoms with van der Waals surface area (Å²) in [6.07, 6.45) is 0. The van der Waals surface area contributed by atoms with Crippen LogP contribution in [0.15, 0.2) is 11.4 Å². The third-order valence-corrected chi connectivity index (χ3v) is 2.72. The zero-order valence-corrected chi connectivity index (χ0v) is 9.08. The molecule has 72 valence electrons. The third-order valence-electron chi connectivity index (χ3n) is 1.55. The molecule has 0 aliphatic heterocycles. The molecule has 0 spiro atoms. The summed E-state index contributed by atoms with van der Waals surface area (Å²) in [4.78, 5) is 12.7. The Morgan fingerprint density at radius 1 is 1.69 bits per heavy atom. The molecule has 1 amide bonds. The van der Waals surface area contributed by atoms with Crippen molar-refractivity contribution < 1.29 is 4.79 Å². The van der Waals surface area contributed by atoms with E-state index in [1.807, 2.05) is 11.4 Å². The summed E-state index contributed by atoms with van der Waals surface area (Å²) in [5, 5.41) is 4.84. The molecule has 0 saturated heterocycles. The molecule has 1 aromatic rings. The van der Waals surface area contributed by atoms with Gasteiger partial charge in [0.05, 0.1) is 12.2 Å². The van der Waals surface area contributed by atoms with E-state index in [4.69, 9.17) is 11.6 Å². The van der Waals surface area contributed by atoms with Gasteiger partial charge in [-0.3, -0.25) is 4.79 Å². The Labute approximate surface area is 86.3 Å². The molecule has 0 aliphatic carbocycles. The molecule has 0 saturated carbocycles. The Kier molecular flexibility index (Phi) is 3.57. The van der Waals surface area contributed by atoms with E-state index in [0.717, 1.165) is 5.69 Å². The van der Waals surface area contributed by atoms with Crippen molar-refractivity contribution in [3.8, 4) is 0 Å². The Balaban J connectivity index is 2.44. The van der Waals surface area contributed by atoms with Crippen LogP contribution in [0, 0.1) is 0 Å². The number of hydrogen-bond acceptors (Lipinski definition) is 3. The first-order chi connectivity index (χ1) is 6.11. The maximum atomic E-state index is 11.2. The predicted octanol–water partition coefficient (Wildman–Crippen LogP) is 1.90. The van der Waals surface area contributed by atoms with E-state index in [1.54, 1.807) is 14.1 Å². The minimum absolute atomic E-state index is 0.0299. The highest BCUT2D eigenvalue weighted by Gasteiger charge is 2.05. The lowest BCUT2D eigenvalue weighted by molar-refractivity contribution is -0.126. The van der Waals surface area contributed by atoms with Crippen molar-refractivity contribution in [2.75, 3.05) is 26.0 Å². The summed E-state index contributed by atoms with van der Waals surface area (Å²) < 4.78 is 0.687. The van der Waals surface area contributed by atoms with Crippen LogP contribution in [0.3, 0.4) is 0 Å². The van der Waals surface area contributed by atoms with Crippen molar-refractivity contribution in [1.82, 2.24) is 4.90 Å². The average molecular weight is 219 g/mol. The molecule has 0 aromatic carbocycles. The molecule has 0 radical (unpaired) electrons. The van der Waals surface area contributed by atoms with Crippen molar-refractivity contribution in [2.24, 2.45) is 0 Å². The number of amides is 1. The number of likely N-dealkylation sites (N-methyl/N-ethyl adjacent to an activating group) is 1. The summed E-state index contributed by atoms with van der Waals surface area (Å²) in [5.74, 6) is 0.0299. The number of carbonyl (C=O) groups excluding carboxylic acids is 1. The van der Waals surface area contributed by atoms with Gasteiger partial charge in [-0.15, -0.1) is 11.3 Å². The second-order valence-electron chi connectivity index (χ2n) is 2.75. The Morgan fingerprint density at radius 3 is 2.85 bits per heavy atom. The monoisotopic (exact) mass is 218 g/mol. The SMILES string of the molecule is CN(C)C(=O)CNc1ccsc1Cl. The second kappa shape index (κ2) is 4.48. The fourth-order valence-electron chi connectivity index (χ4n) is 0.748. The van der Waals surface area contributed by atoms with Crippen LogP contribution >= 0.6 is 22.9 Å². The molecule has 1 rings (SSSR count). The Bertz CT molecular complexity index is 298. The number of hydrogen-bond donors (Lipinski definition) is 1. The van der Waals surface area contributed by atoms with Gasteiger partial charge in [-0.2, -0.15) is 0 Å². The summed E-state index contributed by atoms with van der Waals surface area (Å²) in [6, 6.07) is 1.86. The summed E-state index contributed by atoms with van der Waals surface area (Å²) >= 11 is 7.28. The maximum absolute atomic E-state index is 11.2. The second-order valence-corrected chi connectivity index (χ2v) is 4.27. The zero-order valence-electron chi connectivity index (χ0n) is 7.50. The first kappa shape index (κ1) is 10.3. The fraction of sp³-hybridized carbons (Fsp3) is 0.375. The Hall–Kier alpha value is -0.740. The van der Waals surface area contributed by atoms with E-state index in [-0.39, 0.29) is 12.5 Å². The van der Waals surface area contributed by atoms with Crippen LogP contribution in [0.2, 0.25) is 4.34 Å². The highest BCUT2D eigenvalue weighted by atomic mass is 35.5. The van der Waals surface area contributed by atoms with Gasteiger partial charge < -0.3 is 10.2 Å². The molecular weight excluding hydrogens is 208 g/mol. The molecule has 0 aliphatic rings. The molecular formula is C8H11ClN2OS. The molecule has 5 heteroatoms.